The van der Waals surface area contributed by atoms with Gasteiger partial charge in [0.05, 0.1) is 30.0 Å². The standard InChI is InChI=1S/C12H17N3O/c1-2-16-10(7-13)8-15-9-14-11-5-3-4-6-12(11)15/h3-6,9-10H,2,7-8,13H2,1H3. The van der Waals surface area contributed by atoms with Crippen LogP contribution >= 0.6 is 0 Å². The molecule has 0 bridgehead atoms. The Bertz CT molecular complexity index is 452. The van der Waals surface area contributed by atoms with Crippen molar-refractivity contribution >= 4 is 11.0 Å². The highest BCUT2D eigenvalue weighted by Gasteiger charge is 2.09. The molecular formula is C12H17N3O. The topological polar surface area (TPSA) is 53.1 Å². The third-order valence-corrected chi connectivity index (χ3v) is 2.59. The summed E-state index contributed by atoms with van der Waals surface area (Å²) in [5, 5.41) is 0. The molecule has 2 aromatic rings. The number of imidazole rings is 1. The van der Waals surface area contributed by atoms with Gasteiger partial charge in [-0.3, -0.25) is 0 Å². The van der Waals surface area contributed by atoms with Crippen molar-refractivity contribution < 1.29 is 4.74 Å². The molecule has 2 rings (SSSR count). The molecule has 1 aromatic carbocycles. The van der Waals surface area contributed by atoms with Crippen LogP contribution in [0.1, 0.15) is 6.92 Å². The van der Waals surface area contributed by atoms with Crippen LogP contribution in [-0.4, -0.2) is 28.8 Å². The molecule has 0 aliphatic rings. The van der Waals surface area contributed by atoms with Gasteiger partial charge in [-0.25, -0.2) is 4.98 Å². The number of nitrogens with two attached hydrogens (primary N) is 1. The summed E-state index contributed by atoms with van der Waals surface area (Å²) in [5.41, 5.74) is 7.80. The molecule has 1 atom stereocenters. The van der Waals surface area contributed by atoms with E-state index < -0.39 is 0 Å². The van der Waals surface area contributed by atoms with E-state index in [-0.39, 0.29) is 6.10 Å². The predicted molar refractivity (Wildman–Crippen MR) is 64.2 cm³/mol. The Hall–Kier alpha value is -1.39. The Labute approximate surface area is 95.0 Å². The van der Waals surface area contributed by atoms with Crippen molar-refractivity contribution in [1.29, 1.82) is 0 Å². The lowest BCUT2D eigenvalue weighted by molar-refractivity contribution is 0.0575. The van der Waals surface area contributed by atoms with Crippen LogP contribution in [0.3, 0.4) is 0 Å². The van der Waals surface area contributed by atoms with Crippen molar-refractivity contribution in [3.63, 3.8) is 0 Å². The van der Waals surface area contributed by atoms with E-state index in [0.717, 1.165) is 17.6 Å². The summed E-state index contributed by atoms with van der Waals surface area (Å²) in [6, 6.07) is 8.06. The molecule has 1 aromatic heterocycles. The van der Waals surface area contributed by atoms with Crippen molar-refractivity contribution in [3.05, 3.63) is 30.6 Å². The number of hydrogen-bond donors (Lipinski definition) is 1. The van der Waals surface area contributed by atoms with Gasteiger partial charge >= 0.3 is 0 Å². The van der Waals surface area contributed by atoms with Crippen molar-refractivity contribution in [3.8, 4) is 0 Å². The van der Waals surface area contributed by atoms with E-state index in [1.165, 1.54) is 0 Å². The average molecular weight is 219 g/mol. The lowest BCUT2D eigenvalue weighted by Crippen LogP contribution is -2.28. The summed E-state index contributed by atoms with van der Waals surface area (Å²) in [6.45, 7) is 3.95. The van der Waals surface area contributed by atoms with Crippen LogP contribution in [0.15, 0.2) is 30.6 Å². The van der Waals surface area contributed by atoms with E-state index in [2.05, 4.69) is 15.6 Å². The number of aromatic nitrogens is 2. The number of ether oxygens (including phenoxy) is 1. The molecule has 0 saturated heterocycles. The number of nitrogens with zero attached hydrogens (tertiary/aromatic N) is 2. The molecule has 1 unspecified atom stereocenters. The van der Waals surface area contributed by atoms with Gasteiger partial charge in [0, 0.05) is 13.2 Å². The lowest BCUT2D eigenvalue weighted by Gasteiger charge is -2.15. The normalized spacial score (nSPS) is 13.1. The van der Waals surface area contributed by atoms with Crippen LogP contribution < -0.4 is 5.73 Å². The molecule has 0 aliphatic heterocycles. The van der Waals surface area contributed by atoms with Crippen molar-refractivity contribution in [2.75, 3.05) is 13.2 Å². The maximum absolute atomic E-state index is 5.66. The van der Waals surface area contributed by atoms with E-state index >= 15 is 0 Å². The molecule has 0 radical (unpaired) electrons. The van der Waals surface area contributed by atoms with E-state index in [4.69, 9.17) is 10.5 Å². The van der Waals surface area contributed by atoms with Gasteiger partial charge in [0.1, 0.15) is 0 Å². The maximum atomic E-state index is 5.66. The highest BCUT2D eigenvalue weighted by Crippen LogP contribution is 2.12. The highest BCUT2D eigenvalue weighted by atomic mass is 16.5. The van der Waals surface area contributed by atoms with Crippen LogP contribution in [0.4, 0.5) is 0 Å². The van der Waals surface area contributed by atoms with Gasteiger partial charge in [-0.1, -0.05) is 12.1 Å². The summed E-state index contributed by atoms with van der Waals surface area (Å²) in [4.78, 5) is 4.33. The molecule has 0 fully saturated rings. The quantitative estimate of drug-likeness (QED) is 0.827. The Morgan fingerprint density at radius 2 is 2.25 bits per heavy atom. The van der Waals surface area contributed by atoms with Crippen LogP contribution in [0.5, 0.6) is 0 Å². The van der Waals surface area contributed by atoms with E-state index in [1.54, 1.807) is 0 Å². The second-order valence-electron chi connectivity index (χ2n) is 3.70. The molecular weight excluding hydrogens is 202 g/mol. The largest absolute Gasteiger partial charge is 0.375 e. The van der Waals surface area contributed by atoms with E-state index in [9.17, 15) is 0 Å². The zero-order valence-electron chi connectivity index (χ0n) is 9.47. The molecule has 16 heavy (non-hydrogen) atoms. The van der Waals surface area contributed by atoms with Crippen LogP contribution in [0.25, 0.3) is 11.0 Å². The van der Waals surface area contributed by atoms with Gasteiger partial charge in [-0.15, -0.1) is 0 Å². The maximum Gasteiger partial charge on any atom is 0.0959 e. The molecule has 0 spiro atoms. The second kappa shape index (κ2) is 5.09. The zero-order chi connectivity index (χ0) is 11.4. The molecule has 86 valence electrons. The van der Waals surface area contributed by atoms with Gasteiger partial charge in [0.2, 0.25) is 0 Å². The van der Waals surface area contributed by atoms with Crippen molar-refractivity contribution in [2.45, 2.75) is 19.6 Å². The van der Waals surface area contributed by atoms with Gasteiger partial charge in [-0.05, 0) is 19.1 Å². The van der Waals surface area contributed by atoms with Crippen LogP contribution in [0, 0.1) is 0 Å². The molecule has 4 heteroatoms. The molecule has 1 heterocycles. The fourth-order valence-electron chi connectivity index (χ4n) is 1.81. The average Bonchev–Trinajstić information content (AvgIpc) is 2.72. The van der Waals surface area contributed by atoms with Gasteiger partial charge in [0.25, 0.3) is 0 Å². The third-order valence-electron chi connectivity index (χ3n) is 2.59. The first kappa shape index (κ1) is 11.1. The Morgan fingerprint density at radius 3 is 3.00 bits per heavy atom. The van der Waals surface area contributed by atoms with Gasteiger partial charge in [-0.2, -0.15) is 0 Å². The fourth-order valence-corrected chi connectivity index (χ4v) is 1.81. The Kier molecular flexibility index (Phi) is 3.54. The first-order valence-electron chi connectivity index (χ1n) is 5.56. The lowest BCUT2D eigenvalue weighted by atomic mass is 10.3. The number of hydrogen-bond acceptors (Lipinski definition) is 3. The smallest absolute Gasteiger partial charge is 0.0959 e. The molecule has 0 saturated carbocycles. The van der Waals surface area contributed by atoms with E-state index in [0.29, 0.717) is 13.2 Å². The highest BCUT2D eigenvalue weighted by molar-refractivity contribution is 5.74. The first-order valence-corrected chi connectivity index (χ1v) is 5.56. The van der Waals surface area contributed by atoms with Gasteiger partial charge in [0.15, 0.2) is 0 Å². The van der Waals surface area contributed by atoms with Crippen molar-refractivity contribution in [1.82, 2.24) is 9.55 Å². The Morgan fingerprint density at radius 1 is 1.44 bits per heavy atom. The fraction of sp³-hybridized carbons (Fsp3) is 0.417. The minimum Gasteiger partial charge on any atom is -0.375 e. The number of benzene rings is 1. The molecule has 2 N–H and O–H groups in total. The minimum atomic E-state index is 0.0580. The summed E-state index contributed by atoms with van der Waals surface area (Å²) in [6.07, 6.45) is 1.90. The monoisotopic (exact) mass is 219 g/mol. The van der Waals surface area contributed by atoms with Gasteiger partial charge < -0.3 is 15.0 Å². The van der Waals surface area contributed by atoms with E-state index in [1.807, 2.05) is 31.5 Å². The molecule has 4 nitrogen and oxygen atoms in total. The van der Waals surface area contributed by atoms with Crippen LogP contribution in [0.2, 0.25) is 0 Å². The number of rotatable bonds is 5. The summed E-state index contributed by atoms with van der Waals surface area (Å²) in [7, 11) is 0. The first-order chi connectivity index (χ1) is 7.85. The SMILES string of the molecule is CCOC(CN)Cn1cnc2ccccc21. The minimum absolute atomic E-state index is 0.0580. The third kappa shape index (κ3) is 2.23. The van der Waals surface area contributed by atoms with Crippen LogP contribution in [-0.2, 0) is 11.3 Å². The summed E-state index contributed by atoms with van der Waals surface area (Å²) < 4.78 is 7.63. The molecule has 0 amide bonds. The second-order valence-corrected chi connectivity index (χ2v) is 3.70. The summed E-state index contributed by atoms with van der Waals surface area (Å²) >= 11 is 0. The number of para-hydroxylation sites is 2. The summed E-state index contributed by atoms with van der Waals surface area (Å²) in [5.74, 6) is 0. The Balaban J connectivity index is 2.20. The number of fused-ring (bicyclic) bond motifs is 1. The molecule has 0 aliphatic carbocycles. The zero-order valence-corrected chi connectivity index (χ0v) is 9.47. The predicted octanol–water partition coefficient (Wildman–Crippen LogP) is 1.40. The van der Waals surface area contributed by atoms with Crippen molar-refractivity contribution in [2.24, 2.45) is 5.73 Å².